The number of rotatable bonds is 6. The molecule has 0 radical (unpaired) electrons. The summed E-state index contributed by atoms with van der Waals surface area (Å²) in [4.78, 5) is 24.4. The lowest BCUT2D eigenvalue weighted by atomic mass is 10.1. The van der Waals surface area contributed by atoms with Gasteiger partial charge in [0, 0.05) is 24.0 Å². The van der Waals surface area contributed by atoms with Crippen molar-refractivity contribution < 1.29 is 19.8 Å². The van der Waals surface area contributed by atoms with Crippen LogP contribution in [-0.2, 0) is 4.79 Å². The van der Waals surface area contributed by atoms with Crippen molar-refractivity contribution in [1.29, 1.82) is 0 Å². The number of amides is 1. The van der Waals surface area contributed by atoms with Crippen LogP contribution in [0.3, 0.4) is 0 Å². The highest BCUT2D eigenvalue weighted by Crippen LogP contribution is 2.23. The van der Waals surface area contributed by atoms with Crippen molar-refractivity contribution in [3.8, 4) is 5.75 Å². The minimum Gasteiger partial charge on any atom is -0.507 e. The van der Waals surface area contributed by atoms with E-state index in [9.17, 15) is 14.7 Å². The van der Waals surface area contributed by atoms with Crippen molar-refractivity contribution in [3.05, 3.63) is 28.8 Å². The molecule has 0 heterocycles. The Hall–Kier alpha value is -1.75. The van der Waals surface area contributed by atoms with Crippen molar-refractivity contribution in [2.75, 3.05) is 6.54 Å². The first kappa shape index (κ1) is 16.3. The predicted octanol–water partition coefficient (Wildman–Crippen LogP) is 2.76. The molecule has 1 rings (SSSR count). The summed E-state index contributed by atoms with van der Waals surface area (Å²) in [5.41, 5.74) is 0.126. The van der Waals surface area contributed by atoms with E-state index in [1.165, 1.54) is 23.1 Å². The number of carboxylic acids is 1. The number of halogens is 1. The molecule has 0 aliphatic carbocycles. The molecule has 0 fully saturated rings. The number of benzene rings is 1. The van der Waals surface area contributed by atoms with Gasteiger partial charge >= 0.3 is 5.97 Å². The summed E-state index contributed by atoms with van der Waals surface area (Å²) in [6.07, 6.45) is 0.360. The van der Waals surface area contributed by atoms with Crippen LogP contribution in [0.4, 0.5) is 0 Å². The van der Waals surface area contributed by atoms with E-state index >= 15 is 0 Å². The zero-order chi connectivity index (χ0) is 15.3. The molecule has 1 aromatic carbocycles. The number of carbonyl (C=O) groups is 2. The minimum absolute atomic E-state index is 0.00196. The molecule has 110 valence electrons. The minimum atomic E-state index is -0.897. The fourth-order valence-electron chi connectivity index (χ4n) is 1.83. The summed E-state index contributed by atoms with van der Waals surface area (Å²) in [6, 6.07) is 4.17. The van der Waals surface area contributed by atoms with Gasteiger partial charge in [-0.1, -0.05) is 11.6 Å². The fourth-order valence-corrected chi connectivity index (χ4v) is 2.00. The highest BCUT2D eigenvalue weighted by atomic mass is 35.5. The number of nitrogens with zero attached hydrogens (tertiary/aromatic N) is 1. The number of carboxylic acid groups (broad SMARTS) is 1. The third kappa shape index (κ3) is 4.42. The number of phenols is 1. The molecular weight excluding hydrogens is 282 g/mol. The maximum atomic E-state index is 12.4. The highest BCUT2D eigenvalue weighted by molar-refractivity contribution is 6.31. The number of hydrogen-bond donors (Lipinski definition) is 2. The highest BCUT2D eigenvalue weighted by Gasteiger charge is 2.21. The topological polar surface area (TPSA) is 77.8 Å². The average Bonchev–Trinajstić information content (AvgIpc) is 2.36. The summed E-state index contributed by atoms with van der Waals surface area (Å²) in [5, 5.41) is 18.8. The molecule has 20 heavy (non-hydrogen) atoms. The molecule has 0 saturated heterocycles. The molecule has 0 unspecified atom stereocenters. The molecule has 5 nitrogen and oxygen atoms in total. The summed E-state index contributed by atoms with van der Waals surface area (Å²) >= 11 is 5.83. The van der Waals surface area contributed by atoms with Gasteiger partial charge in [0.15, 0.2) is 0 Å². The van der Waals surface area contributed by atoms with E-state index in [2.05, 4.69) is 0 Å². The first-order chi connectivity index (χ1) is 9.32. The molecule has 1 aromatic rings. The van der Waals surface area contributed by atoms with Gasteiger partial charge < -0.3 is 15.1 Å². The molecule has 2 N–H and O–H groups in total. The Labute approximate surface area is 122 Å². The number of phenolic OH excluding ortho intramolecular Hbond substituents is 1. The van der Waals surface area contributed by atoms with Crippen LogP contribution in [0.25, 0.3) is 0 Å². The van der Waals surface area contributed by atoms with Crippen LogP contribution >= 0.6 is 11.6 Å². The van der Waals surface area contributed by atoms with E-state index in [1.54, 1.807) is 0 Å². The Balaban J connectivity index is 2.88. The average molecular weight is 300 g/mol. The monoisotopic (exact) mass is 299 g/mol. The Kier molecular flexibility index (Phi) is 5.82. The van der Waals surface area contributed by atoms with Crippen molar-refractivity contribution in [1.82, 2.24) is 4.90 Å². The van der Waals surface area contributed by atoms with E-state index in [0.29, 0.717) is 18.0 Å². The van der Waals surface area contributed by atoms with E-state index in [0.717, 1.165) is 0 Å². The first-order valence-corrected chi connectivity index (χ1v) is 6.72. The van der Waals surface area contributed by atoms with Gasteiger partial charge in [-0.2, -0.15) is 0 Å². The molecule has 0 atom stereocenters. The molecular formula is C14H18ClNO4. The number of aliphatic carboxylic acids is 1. The standard InChI is InChI=1S/C14H18ClNO4/c1-9(2)16(7-3-4-13(18)19)14(20)11-8-10(15)5-6-12(11)17/h5-6,8-9,17H,3-4,7H2,1-2H3,(H,18,19). The molecule has 0 aromatic heterocycles. The molecule has 0 bridgehead atoms. The normalized spacial score (nSPS) is 10.6. The van der Waals surface area contributed by atoms with Crippen molar-refractivity contribution in [2.45, 2.75) is 32.7 Å². The van der Waals surface area contributed by atoms with Crippen LogP contribution in [0.2, 0.25) is 5.02 Å². The van der Waals surface area contributed by atoms with Gasteiger partial charge in [0.2, 0.25) is 0 Å². The third-order valence-electron chi connectivity index (χ3n) is 2.86. The molecule has 0 aliphatic heterocycles. The largest absolute Gasteiger partial charge is 0.507 e. The van der Waals surface area contributed by atoms with E-state index < -0.39 is 5.97 Å². The summed E-state index contributed by atoms with van der Waals surface area (Å²) in [6.45, 7) is 3.98. The second-order valence-corrected chi connectivity index (χ2v) is 5.19. The predicted molar refractivity (Wildman–Crippen MR) is 76.2 cm³/mol. The number of carbonyl (C=O) groups excluding carboxylic acids is 1. The van der Waals surface area contributed by atoms with Crippen LogP contribution in [0.5, 0.6) is 5.75 Å². The lowest BCUT2D eigenvalue weighted by Gasteiger charge is -2.27. The number of aromatic hydroxyl groups is 1. The smallest absolute Gasteiger partial charge is 0.303 e. The Bertz CT molecular complexity index is 502. The zero-order valence-corrected chi connectivity index (χ0v) is 12.2. The van der Waals surface area contributed by atoms with Crippen LogP contribution in [0.15, 0.2) is 18.2 Å². The fraction of sp³-hybridized carbons (Fsp3) is 0.429. The molecule has 6 heteroatoms. The van der Waals surface area contributed by atoms with Crippen molar-refractivity contribution >= 4 is 23.5 Å². The van der Waals surface area contributed by atoms with Gasteiger partial charge in [0.05, 0.1) is 5.56 Å². The van der Waals surface area contributed by atoms with Gasteiger partial charge in [-0.05, 0) is 38.5 Å². The van der Waals surface area contributed by atoms with Crippen LogP contribution in [-0.4, -0.2) is 39.6 Å². The zero-order valence-electron chi connectivity index (χ0n) is 11.5. The molecule has 0 spiro atoms. The van der Waals surface area contributed by atoms with Crippen molar-refractivity contribution in [3.63, 3.8) is 0 Å². The van der Waals surface area contributed by atoms with Crippen LogP contribution < -0.4 is 0 Å². The second-order valence-electron chi connectivity index (χ2n) is 4.75. The lowest BCUT2D eigenvalue weighted by molar-refractivity contribution is -0.137. The molecule has 0 saturated carbocycles. The molecule has 1 amide bonds. The van der Waals surface area contributed by atoms with Gasteiger partial charge in [0.25, 0.3) is 5.91 Å². The first-order valence-electron chi connectivity index (χ1n) is 6.34. The van der Waals surface area contributed by atoms with Gasteiger partial charge in [0.1, 0.15) is 5.75 Å². The van der Waals surface area contributed by atoms with Gasteiger partial charge in [-0.15, -0.1) is 0 Å². The Morgan fingerprint density at radius 2 is 2.00 bits per heavy atom. The van der Waals surface area contributed by atoms with Crippen LogP contribution in [0.1, 0.15) is 37.0 Å². The summed E-state index contributed by atoms with van der Waals surface area (Å²) in [5.74, 6) is -1.39. The third-order valence-corrected chi connectivity index (χ3v) is 3.10. The maximum absolute atomic E-state index is 12.4. The molecule has 0 aliphatic rings. The number of hydrogen-bond acceptors (Lipinski definition) is 3. The second kappa shape index (κ2) is 7.14. The summed E-state index contributed by atoms with van der Waals surface area (Å²) < 4.78 is 0. The Morgan fingerprint density at radius 1 is 1.35 bits per heavy atom. The lowest BCUT2D eigenvalue weighted by Crippen LogP contribution is -2.38. The SMILES string of the molecule is CC(C)N(CCCC(=O)O)C(=O)c1cc(Cl)ccc1O. The quantitative estimate of drug-likeness (QED) is 0.846. The van der Waals surface area contributed by atoms with E-state index in [4.69, 9.17) is 16.7 Å². The Morgan fingerprint density at radius 3 is 2.55 bits per heavy atom. The van der Waals surface area contributed by atoms with Gasteiger partial charge in [-0.25, -0.2) is 0 Å². The van der Waals surface area contributed by atoms with Gasteiger partial charge in [-0.3, -0.25) is 9.59 Å². The van der Waals surface area contributed by atoms with E-state index in [-0.39, 0.29) is 29.7 Å². The van der Waals surface area contributed by atoms with Crippen LogP contribution in [0, 0.1) is 0 Å². The maximum Gasteiger partial charge on any atom is 0.303 e. The van der Waals surface area contributed by atoms with E-state index in [1.807, 2.05) is 13.8 Å². The summed E-state index contributed by atoms with van der Waals surface area (Å²) in [7, 11) is 0. The van der Waals surface area contributed by atoms with Crippen molar-refractivity contribution in [2.24, 2.45) is 0 Å².